The number of rotatable bonds is 3. The van der Waals surface area contributed by atoms with Gasteiger partial charge in [-0.25, -0.2) is 0 Å². The molecule has 0 unspecified atom stereocenters. The third kappa shape index (κ3) is 5.33. The zero-order chi connectivity index (χ0) is 16.8. The second-order valence-electron chi connectivity index (χ2n) is 7.05. The zero-order valence-electron chi connectivity index (χ0n) is 15.0. The van der Waals surface area contributed by atoms with Crippen molar-refractivity contribution in [3.8, 4) is 0 Å². The van der Waals surface area contributed by atoms with Crippen LogP contribution in [-0.2, 0) is 4.79 Å². The highest BCUT2D eigenvalue weighted by molar-refractivity contribution is 14.0. The van der Waals surface area contributed by atoms with E-state index in [1.54, 1.807) is 7.05 Å². The van der Waals surface area contributed by atoms with Gasteiger partial charge in [0.05, 0.1) is 6.54 Å². The molecule has 1 saturated heterocycles. The van der Waals surface area contributed by atoms with Crippen LogP contribution in [0.3, 0.4) is 0 Å². The van der Waals surface area contributed by atoms with Gasteiger partial charge in [-0.2, -0.15) is 0 Å². The number of carbonyl (C=O) groups is 1. The number of aliphatic imine (C=N–C) groups is 1. The van der Waals surface area contributed by atoms with E-state index in [-0.39, 0.29) is 36.4 Å². The molecule has 6 heteroatoms. The highest BCUT2D eigenvalue weighted by Gasteiger charge is 2.39. The van der Waals surface area contributed by atoms with Crippen molar-refractivity contribution in [1.29, 1.82) is 0 Å². The Hall–Kier alpha value is -1.31. The fourth-order valence-electron chi connectivity index (χ4n) is 4.04. The third-order valence-corrected chi connectivity index (χ3v) is 5.33. The van der Waals surface area contributed by atoms with Crippen molar-refractivity contribution in [2.45, 2.75) is 38.5 Å². The summed E-state index contributed by atoms with van der Waals surface area (Å²) in [6, 6.07) is 9.54. The van der Waals surface area contributed by atoms with Crippen LogP contribution in [0, 0.1) is 5.41 Å². The molecule has 1 saturated carbocycles. The maximum atomic E-state index is 12.1. The lowest BCUT2D eigenvalue weighted by molar-refractivity contribution is -0.115. The average Bonchev–Trinajstić information content (AvgIpc) is 3.00. The summed E-state index contributed by atoms with van der Waals surface area (Å²) in [6.07, 6.45) is 8.04. The van der Waals surface area contributed by atoms with Crippen molar-refractivity contribution < 1.29 is 4.79 Å². The van der Waals surface area contributed by atoms with Gasteiger partial charge in [0.2, 0.25) is 5.91 Å². The number of guanidine groups is 1. The molecule has 25 heavy (non-hydrogen) atoms. The predicted molar refractivity (Wildman–Crippen MR) is 114 cm³/mol. The van der Waals surface area contributed by atoms with Crippen molar-refractivity contribution >= 4 is 41.5 Å². The molecule has 2 aliphatic rings. The smallest absolute Gasteiger partial charge is 0.243 e. The number of nitrogens with one attached hydrogen (secondary N) is 2. The number of halogens is 1. The lowest BCUT2D eigenvalue weighted by atomic mass is 9.73. The van der Waals surface area contributed by atoms with Crippen LogP contribution in [-0.4, -0.2) is 43.4 Å². The van der Waals surface area contributed by atoms with Crippen molar-refractivity contribution in [2.75, 3.05) is 32.0 Å². The van der Waals surface area contributed by atoms with E-state index in [2.05, 4.69) is 20.5 Å². The van der Waals surface area contributed by atoms with Crippen LogP contribution < -0.4 is 10.6 Å². The van der Waals surface area contributed by atoms with E-state index in [4.69, 9.17) is 0 Å². The standard InChI is InChI=1S/C19H28N4O.HI/c1-20-18(21-14-17(24)22-16-8-4-2-5-9-16)23-13-12-19(15-23)10-6-3-7-11-19;/h2,4-5,8-9H,3,6-7,10-15H2,1H3,(H,20,21)(H,22,24);1H. The van der Waals surface area contributed by atoms with Crippen LogP contribution in [0.2, 0.25) is 0 Å². The number of hydrogen-bond donors (Lipinski definition) is 2. The molecule has 1 aliphatic heterocycles. The van der Waals surface area contributed by atoms with Crippen LogP contribution in [0.25, 0.3) is 0 Å². The largest absolute Gasteiger partial charge is 0.347 e. The highest BCUT2D eigenvalue weighted by Crippen LogP contribution is 2.43. The molecule has 3 rings (SSSR count). The minimum Gasteiger partial charge on any atom is -0.347 e. The van der Waals surface area contributed by atoms with Crippen LogP contribution >= 0.6 is 24.0 Å². The minimum atomic E-state index is -0.0473. The van der Waals surface area contributed by atoms with E-state index < -0.39 is 0 Å². The van der Waals surface area contributed by atoms with Crippen LogP contribution in [0.15, 0.2) is 35.3 Å². The Morgan fingerprint density at radius 1 is 1.16 bits per heavy atom. The van der Waals surface area contributed by atoms with E-state index in [0.717, 1.165) is 24.7 Å². The second-order valence-corrected chi connectivity index (χ2v) is 7.05. The first-order chi connectivity index (χ1) is 11.7. The summed E-state index contributed by atoms with van der Waals surface area (Å²) in [5.41, 5.74) is 1.31. The molecule has 1 aliphatic carbocycles. The van der Waals surface area contributed by atoms with Crippen LogP contribution in [0.5, 0.6) is 0 Å². The Kier molecular flexibility index (Phi) is 7.53. The van der Waals surface area contributed by atoms with Gasteiger partial charge in [-0.1, -0.05) is 37.5 Å². The molecular formula is C19H29IN4O. The van der Waals surface area contributed by atoms with Gasteiger partial charge in [0.15, 0.2) is 5.96 Å². The summed E-state index contributed by atoms with van der Waals surface area (Å²) >= 11 is 0. The van der Waals surface area contributed by atoms with Crippen molar-refractivity contribution in [1.82, 2.24) is 10.2 Å². The summed E-state index contributed by atoms with van der Waals surface area (Å²) in [6.45, 7) is 2.36. The van der Waals surface area contributed by atoms with Gasteiger partial charge in [-0.3, -0.25) is 9.79 Å². The number of likely N-dealkylation sites (tertiary alicyclic amines) is 1. The molecule has 0 bridgehead atoms. The number of amides is 1. The average molecular weight is 456 g/mol. The molecule has 0 aromatic heterocycles. The second kappa shape index (κ2) is 9.40. The molecule has 0 atom stereocenters. The maximum Gasteiger partial charge on any atom is 0.243 e. The molecule has 1 amide bonds. The number of nitrogens with zero attached hydrogens (tertiary/aromatic N) is 2. The summed E-state index contributed by atoms with van der Waals surface area (Å²) in [5, 5.41) is 6.11. The number of anilines is 1. The molecule has 5 nitrogen and oxygen atoms in total. The first-order valence-corrected chi connectivity index (χ1v) is 9.01. The van der Waals surface area contributed by atoms with Gasteiger partial charge in [-0.15, -0.1) is 24.0 Å². The molecule has 1 aromatic carbocycles. The third-order valence-electron chi connectivity index (χ3n) is 5.33. The molecule has 1 heterocycles. The predicted octanol–water partition coefficient (Wildman–Crippen LogP) is 3.47. The Balaban J connectivity index is 0.00000225. The summed E-state index contributed by atoms with van der Waals surface area (Å²) in [7, 11) is 1.79. The molecule has 2 N–H and O–H groups in total. The molecular weight excluding hydrogens is 427 g/mol. The maximum absolute atomic E-state index is 12.1. The molecule has 1 spiro atoms. The van der Waals surface area contributed by atoms with Gasteiger partial charge in [0.1, 0.15) is 0 Å². The Morgan fingerprint density at radius 2 is 1.88 bits per heavy atom. The van der Waals surface area contributed by atoms with Crippen LogP contribution in [0.4, 0.5) is 5.69 Å². The monoisotopic (exact) mass is 456 g/mol. The Morgan fingerprint density at radius 3 is 2.56 bits per heavy atom. The minimum absolute atomic E-state index is 0. The number of carbonyl (C=O) groups excluding carboxylic acids is 1. The zero-order valence-corrected chi connectivity index (χ0v) is 17.3. The molecule has 2 fully saturated rings. The summed E-state index contributed by atoms with van der Waals surface area (Å²) in [5.74, 6) is 0.801. The van der Waals surface area contributed by atoms with E-state index in [9.17, 15) is 4.79 Å². The SMILES string of the molecule is CN=C(NCC(=O)Nc1ccccc1)N1CCC2(CCCCC2)C1.I. The lowest BCUT2D eigenvalue weighted by Crippen LogP contribution is -2.44. The van der Waals surface area contributed by atoms with Gasteiger partial charge in [0, 0.05) is 25.8 Å². The van der Waals surface area contributed by atoms with Gasteiger partial charge in [-0.05, 0) is 36.8 Å². The molecule has 0 radical (unpaired) electrons. The molecule has 1 aromatic rings. The normalized spacial score (nSPS) is 19.4. The highest BCUT2D eigenvalue weighted by atomic mass is 127. The van der Waals surface area contributed by atoms with Gasteiger partial charge in [0.25, 0.3) is 0 Å². The molecule has 138 valence electrons. The fourth-order valence-corrected chi connectivity index (χ4v) is 4.04. The van der Waals surface area contributed by atoms with Gasteiger partial charge < -0.3 is 15.5 Å². The van der Waals surface area contributed by atoms with E-state index in [1.807, 2.05) is 30.3 Å². The van der Waals surface area contributed by atoms with E-state index in [0.29, 0.717) is 5.41 Å². The fraction of sp³-hybridized carbons (Fsp3) is 0.579. The summed E-state index contributed by atoms with van der Waals surface area (Å²) in [4.78, 5) is 18.8. The van der Waals surface area contributed by atoms with E-state index in [1.165, 1.54) is 38.5 Å². The van der Waals surface area contributed by atoms with E-state index >= 15 is 0 Å². The van der Waals surface area contributed by atoms with Crippen molar-refractivity contribution in [2.24, 2.45) is 10.4 Å². The topological polar surface area (TPSA) is 56.7 Å². The Labute approximate surface area is 167 Å². The van der Waals surface area contributed by atoms with Gasteiger partial charge >= 0.3 is 0 Å². The number of para-hydroxylation sites is 1. The first-order valence-electron chi connectivity index (χ1n) is 9.01. The number of benzene rings is 1. The Bertz CT molecular complexity index is 584. The van der Waals surface area contributed by atoms with Crippen molar-refractivity contribution in [3.63, 3.8) is 0 Å². The van der Waals surface area contributed by atoms with Crippen molar-refractivity contribution in [3.05, 3.63) is 30.3 Å². The summed E-state index contributed by atoms with van der Waals surface area (Å²) < 4.78 is 0. The lowest BCUT2D eigenvalue weighted by Gasteiger charge is -2.33. The first kappa shape index (κ1) is 20.0. The van der Waals surface area contributed by atoms with Crippen LogP contribution in [0.1, 0.15) is 38.5 Å². The quantitative estimate of drug-likeness (QED) is 0.416. The number of hydrogen-bond acceptors (Lipinski definition) is 2.